The fourth-order valence-electron chi connectivity index (χ4n) is 2.19. The topological polar surface area (TPSA) is 59.4 Å². The Hall–Kier alpha value is -1.14. The summed E-state index contributed by atoms with van der Waals surface area (Å²) in [6.07, 6.45) is 5.46. The monoisotopic (exact) mass is 264 g/mol. The third-order valence-electron chi connectivity index (χ3n) is 3.34. The molecule has 18 heavy (non-hydrogen) atoms. The lowest BCUT2D eigenvalue weighted by molar-refractivity contribution is 0.0555. The van der Waals surface area contributed by atoms with Gasteiger partial charge in [0.05, 0.1) is 17.8 Å². The Kier molecular flexibility index (Phi) is 3.47. The van der Waals surface area contributed by atoms with Crippen LogP contribution < -0.4 is 5.32 Å². The van der Waals surface area contributed by atoms with Crippen molar-refractivity contribution in [3.63, 3.8) is 0 Å². The van der Waals surface area contributed by atoms with Gasteiger partial charge in [-0.1, -0.05) is 11.8 Å². The standard InChI is InChI=1S/C12H16N4OS/c1-4-13-9-15-10(1)7-14-11-16-12(8-18-11)2-5-17-6-3-12/h1,4,9H,2-3,5-8H2,(H,14,16). The maximum absolute atomic E-state index is 5.41. The highest BCUT2D eigenvalue weighted by molar-refractivity contribution is 8.14. The molecule has 3 rings (SSSR count). The van der Waals surface area contributed by atoms with E-state index in [0.29, 0.717) is 6.54 Å². The molecule has 0 saturated carbocycles. The first-order valence-electron chi connectivity index (χ1n) is 6.14. The maximum Gasteiger partial charge on any atom is 0.157 e. The summed E-state index contributed by atoms with van der Waals surface area (Å²) < 4.78 is 5.41. The van der Waals surface area contributed by atoms with Crippen LogP contribution in [0.1, 0.15) is 18.5 Å². The van der Waals surface area contributed by atoms with Crippen LogP contribution in [0.2, 0.25) is 0 Å². The Bertz CT molecular complexity index is 431. The van der Waals surface area contributed by atoms with Crippen LogP contribution in [0.15, 0.2) is 23.6 Å². The molecule has 0 aliphatic carbocycles. The van der Waals surface area contributed by atoms with E-state index in [-0.39, 0.29) is 5.54 Å². The van der Waals surface area contributed by atoms with E-state index in [2.05, 4.69) is 20.3 Å². The van der Waals surface area contributed by atoms with E-state index in [4.69, 9.17) is 4.74 Å². The van der Waals surface area contributed by atoms with Crippen molar-refractivity contribution in [3.05, 3.63) is 24.3 Å². The third kappa shape index (κ3) is 2.64. The Morgan fingerprint density at radius 2 is 2.33 bits per heavy atom. The van der Waals surface area contributed by atoms with Gasteiger partial charge in [-0.25, -0.2) is 9.97 Å². The van der Waals surface area contributed by atoms with Gasteiger partial charge in [-0.05, 0) is 18.9 Å². The molecule has 0 amide bonds. The number of rotatable bonds is 2. The molecule has 6 heteroatoms. The average Bonchev–Trinajstić information content (AvgIpc) is 2.82. The molecule has 96 valence electrons. The molecule has 1 aromatic rings. The summed E-state index contributed by atoms with van der Waals surface area (Å²) in [4.78, 5) is 12.6. The van der Waals surface area contributed by atoms with Gasteiger partial charge in [0.25, 0.3) is 0 Å². The van der Waals surface area contributed by atoms with Crippen LogP contribution in [-0.4, -0.2) is 39.6 Å². The Morgan fingerprint density at radius 3 is 3.11 bits per heavy atom. The minimum atomic E-state index is 0.216. The second kappa shape index (κ2) is 5.24. The molecule has 0 aromatic carbocycles. The van der Waals surface area contributed by atoms with Crippen LogP contribution in [0, 0.1) is 0 Å². The predicted molar refractivity (Wildman–Crippen MR) is 71.5 cm³/mol. The number of aliphatic imine (C=N–C) groups is 1. The molecule has 3 heterocycles. The Balaban J connectivity index is 1.61. The van der Waals surface area contributed by atoms with E-state index >= 15 is 0 Å². The van der Waals surface area contributed by atoms with Crippen LogP contribution in [-0.2, 0) is 11.3 Å². The summed E-state index contributed by atoms with van der Waals surface area (Å²) in [5.41, 5.74) is 1.17. The first-order valence-corrected chi connectivity index (χ1v) is 7.13. The number of hydrogen-bond acceptors (Lipinski definition) is 5. The maximum atomic E-state index is 5.41. The zero-order valence-electron chi connectivity index (χ0n) is 10.1. The summed E-state index contributed by atoms with van der Waals surface area (Å²) in [6, 6.07) is 1.90. The van der Waals surface area contributed by atoms with Crippen molar-refractivity contribution in [2.24, 2.45) is 4.99 Å². The van der Waals surface area contributed by atoms with Crippen LogP contribution in [0.3, 0.4) is 0 Å². The van der Waals surface area contributed by atoms with Gasteiger partial charge >= 0.3 is 0 Å². The zero-order chi connectivity index (χ0) is 12.3. The van der Waals surface area contributed by atoms with Crippen LogP contribution in [0.4, 0.5) is 0 Å². The highest BCUT2D eigenvalue weighted by Crippen LogP contribution is 2.31. The second-order valence-corrected chi connectivity index (χ2v) is 5.59. The lowest BCUT2D eigenvalue weighted by Gasteiger charge is -2.32. The van der Waals surface area contributed by atoms with Crippen LogP contribution >= 0.6 is 11.8 Å². The van der Waals surface area contributed by atoms with Crippen LogP contribution in [0.5, 0.6) is 0 Å². The minimum absolute atomic E-state index is 0.216. The summed E-state index contributed by atoms with van der Waals surface area (Å²) in [6.45, 7) is 2.32. The molecule has 5 nitrogen and oxygen atoms in total. The molecule has 2 aliphatic heterocycles. The molecule has 0 atom stereocenters. The number of hydrogen-bond donors (Lipinski definition) is 1. The van der Waals surface area contributed by atoms with Gasteiger partial charge in [-0.2, -0.15) is 0 Å². The van der Waals surface area contributed by atoms with Gasteiger partial charge in [0, 0.05) is 25.2 Å². The van der Waals surface area contributed by atoms with Crippen molar-refractivity contribution >= 4 is 16.9 Å². The second-order valence-electron chi connectivity index (χ2n) is 4.63. The fraction of sp³-hybridized carbons (Fsp3) is 0.583. The molecule has 2 aliphatic rings. The quantitative estimate of drug-likeness (QED) is 0.870. The number of aromatic nitrogens is 2. The van der Waals surface area contributed by atoms with E-state index < -0.39 is 0 Å². The first kappa shape index (κ1) is 11.9. The van der Waals surface area contributed by atoms with E-state index in [0.717, 1.165) is 42.7 Å². The summed E-state index contributed by atoms with van der Waals surface area (Å²) in [5.74, 6) is 1.10. The van der Waals surface area contributed by atoms with Gasteiger partial charge in [0.15, 0.2) is 5.17 Å². The van der Waals surface area contributed by atoms with Gasteiger partial charge in [0.1, 0.15) is 6.33 Å². The molecule has 0 bridgehead atoms. The molecule has 1 aromatic heterocycles. The Labute approximate surface area is 110 Å². The summed E-state index contributed by atoms with van der Waals surface area (Å²) >= 11 is 1.81. The number of nitrogens with one attached hydrogen (secondary N) is 1. The molecule has 1 spiro atoms. The molecule has 1 N–H and O–H groups in total. The third-order valence-corrected chi connectivity index (χ3v) is 4.54. The normalized spacial score (nSPS) is 24.3. The smallest absolute Gasteiger partial charge is 0.157 e. The van der Waals surface area contributed by atoms with Crippen molar-refractivity contribution < 1.29 is 4.74 Å². The van der Waals surface area contributed by atoms with E-state index in [1.165, 1.54) is 0 Å². The predicted octanol–water partition coefficient (Wildman–Crippen LogP) is 1.22. The number of amidine groups is 1. The number of thioether (sulfide) groups is 1. The molecular formula is C12H16N4OS. The number of ether oxygens (including phenoxy) is 1. The van der Waals surface area contributed by atoms with Crippen molar-refractivity contribution in [3.8, 4) is 0 Å². The van der Waals surface area contributed by atoms with Gasteiger partial charge in [-0.15, -0.1) is 0 Å². The molecule has 2 fully saturated rings. The van der Waals surface area contributed by atoms with Gasteiger partial charge in [0.2, 0.25) is 0 Å². The molecule has 2 saturated heterocycles. The summed E-state index contributed by atoms with van der Waals surface area (Å²) in [7, 11) is 0. The SMILES string of the molecule is c1cc(CN=C2NC3(CCOCC3)CS2)ncn1. The highest BCUT2D eigenvalue weighted by Gasteiger charge is 2.38. The first-order chi connectivity index (χ1) is 8.86. The fourth-order valence-corrected chi connectivity index (χ4v) is 3.40. The number of nitrogens with zero attached hydrogens (tertiary/aromatic N) is 3. The molecular weight excluding hydrogens is 248 g/mol. The lowest BCUT2D eigenvalue weighted by atomic mass is 9.93. The van der Waals surface area contributed by atoms with Crippen molar-refractivity contribution in [1.29, 1.82) is 0 Å². The van der Waals surface area contributed by atoms with Crippen molar-refractivity contribution in [2.45, 2.75) is 24.9 Å². The zero-order valence-corrected chi connectivity index (χ0v) is 10.9. The van der Waals surface area contributed by atoms with Gasteiger partial charge < -0.3 is 10.1 Å². The van der Waals surface area contributed by atoms with Crippen molar-refractivity contribution in [2.75, 3.05) is 19.0 Å². The minimum Gasteiger partial charge on any atom is -0.381 e. The van der Waals surface area contributed by atoms with E-state index in [1.54, 1.807) is 24.3 Å². The average molecular weight is 264 g/mol. The van der Waals surface area contributed by atoms with E-state index in [1.807, 2.05) is 6.07 Å². The highest BCUT2D eigenvalue weighted by atomic mass is 32.2. The molecule has 0 unspecified atom stereocenters. The lowest BCUT2D eigenvalue weighted by Crippen LogP contribution is -2.48. The van der Waals surface area contributed by atoms with E-state index in [9.17, 15) is 0 Å². The van der Waals surface area contributed by atoms with Gasteiger partial charge in [-0.3, -0.25) is 4.99 Å². The largest absolute Gasteiger partial charge is 0.381 e. The van der Waals surface area contributed by atoms with Crippen molar-refractivity contribution in [1.82, 2.24) is 15.3 Å². The molecule has 0 radical (unpaired) electrons. The van der Waals surface area contributed by atoms with Crippen LogP contribution in [0.25, 0.3) is 0 Å². The summed E-state index contributed by atoms with van der Waals surface area (Å²) in [5, 5.41) is 4.60. The Morgan fingerprint density at radius 1 is 1.44 bits per heavy atom.